The molecular formula is C19H39NO4Si2. The number of hydrogen-bond acceptors (Lipinski definition) is 4. The number of carbonyl (C=O) groups excluding carboxylic acids is 2. The van der Waals surface area contributed by atoms with Gasteiger partial charge in [-0.2, -0.15) is 0 Å². The standard InChI is InChI=1S/C19H39NO4Si2/c1-13(24-26(11,12)19(6,7)8)15-16(22)20(17(15)23-14(2)21)25(9,10)18(3,4)5/h13,15,17H,1-12H3. The van der Waals surface area contributed by atoms with Gasteiger partial charge in [0, 0.05) is 6.92 Å². The van der Waals surface area contributed by atoms with Gasteiger partial charge in [0.25, 0.3) is 0 Å². The van der Waals surface area contributed by atoms with E-state index >= 15 is 0 Å². The monoisotopic (exact) mass is 401 g/mol. The van der Waals surface area contributed by atoms with Crippen molar-refractivity contribution in [2.24, 2.45) is 5.92 Å². The zero-order valence-electron chi connectivity index (χ0n) is 18.8. The Kier molecular flexibility index (Phi) is 6.34. The van der Waals surface area contributed by atoms with Crippen LogP contribution >= 0.6 is 0 Å². The molecule has 0 spiro atoms. The number of carbonyl (C=O) groups is 2. The summed E-state index contributed by atoms with van der Waals surface area (Å²) in [5.74, 6) is -0.702. The first-order chi connectivity index (χ1) is 11.3. The Morgan fingerprint density at radius 3 is 1.85 bits per heavy atom. The Bertz CT molecular complexity index is 561. The zero-order valence-corrected chi connectivity index (χ0v) is 20.8. The molecule has 0 N–H and O–H groups in total. The molecule has 0 aromatic carbocycles. The normalized spacial score (nSPS) is 23.5. The van der Waals surface area contributed by atoms with E-state index in [9.17, 15) is 9.59 Å². The average molecular weight is 402 g/mol. The summed E-state index contributed by atoms with van der Waals surface area (Å²) in [6.45, 7) is 25.0. The average Bonchev–Trinajstić information content (AvgIpc) is 2.33. The maximum Gasteiger partial charge on any atom is 0.304 e. The van der Waals surface area contributed by atoms with E-state index in [4.69, 9.17) is 9.16 Å². The van der Waals surface area contributed by atoms with Crippen LogP contribution in [0.25, 0.3) is 0 Å². The third kappa shape index (κ3) is 4.25. The van der Waals surface area contributed by atoms with Crippen LogP contribution in [0.4, 0.5) is 0 Å². The quantitative estimate of drug-likeness (QED) is 0.379. The molecule has 0 radical (unpaired) electrons. The van der Waals surface area contributed by atoms with Crippen LogP contribution in [0.1, 0.15) is 55.4 Å². The van der Waals surface area contributed by atoms with E-state index < -0.39 is 28.7 Å². The van der Waals surface area contributed by atoms with Gasteiger partial charge in [0.2, 0.25) is 5.91 Å². The molecule has 1 saturated heterocycles. The summed E-state index contributed by atoms with van der Waals surface area (Å²) in [5, 5.41) is 0.0413. The van der Waals surface area contributed by atoms with Gasteiger partial charge in [0.1, 0.15) is 5.92 Å². The highest BCUT2D eigenvalue weighted by Crippen LogP contribution is 2.47. The topological polar surface area (TPSA) is 55.8 Å². The highest BCUT2D eigenvalue weighted by Gasteiger charge is 2.61. The van der Waals surface area contributed by atoms with Gasteiger partial charge < -0.3 is 13.7 Å². The fourth-order valence-corrected chi connectivity index (χ4v) is 6.59. The fourth-order valence-electron chi connectivity index (χ4n) is 2.88. The number of amides is 1. The van der Waals surface area contributed by atoms with Crippen molar-refractivity contribution >= 4 is 28.4 Å². The van der Waals surface area contributed by atoms with Crippen molar-refractivity contribution in [1.29, 1.82) is 0 Å². The minimum atomic E-state index is -2.14. The van der Waals surface area contributed by atoms with Crippen molar-refractivity contribution in [3.63, 3.8) is 0 Å². The van der Waals surface area contributed by atoms with Gasteiger partial charge in [-0.05, 0) is 30.1 Å². The molecule has 5 nitrogen and oxygen atoms in total. The van der Waals surface area contributed by atoms with E-state index in [-0.39, 0.29) is 28.1 Å². The molecular weight excluding hydrogens is 362 g/mol. The van der Waals surface area contributed by atoms with Crippen molar-refractivity contribution < 1.29 is 18.8 Å². The van der Waals surface area contributed by atoms with Gasteiger partial charge >= 0.3 is 5.97 Å². The lowest BCUT2D eigenvalue weighted by Crippen LogP contribution is -2.75. The number of esters is 1. The van der Waals surface area contributed by atoms with Crippen LogP contribution in [0, 0.1) is 5.92 Å². The highest BCUT2D eigenvalue weighted by molar-refractivity contribution is 6.80. The maximum absolute atomic E-state index is 13.1. The van der Waals surface area contributed by atoms with Crippen LogP contribution < -0.4 is 0 Å². The molecule has 0 saturated carbocycles. The van der Waals surface area contributed by atoms with Crippen molar-refractivity contribution in [2.75, 3.05) is 0 Å². The van der Waals surface area contributed by atoms with E-state index in [1.807, 2.05) is 11.5 Å². The Balaban J connectivity index is 3.13. The molecule has 1 amide bonds. The van der Waals surface area contributed by atoms with E-state index in [0.717, 1.165) is 0 Å². The molecule has 0 bridgehead atoms. The van der Waals surface area contributed by atoms with E-state index in [0.29, 0.717) is 0 Å². The maximum atomic E-state index is 13.1. The lowest BCUT2D eigenvalue weighted by molar-refractivity contribution is -0.193. The van der Waals surface area contributed by atoms with Crippen LogP contribution in [-0.4, -0.2) is 45.3 Å². The molecule has 26 heavy (non-hydrogen) atoms. The SMILES string of the molecule is CC(=O)OC1C(C(C)O[Si](C)(C)C(C)(C)C)C(=O)N1[Si](C)(C)C(C)(C)C. The molecule has 7 heteroatoms. The number of nitrogens with zero attached hydrogens (tertiary/aromatic N) is 1. The number of ether oxygens (including phenoxy) is 1. The highest BCUT2D eigenvalue weighted by atomic mass is 28.4. The summed E-state index contributed by atoms with van der Waals surface area (Å²) in [4.78, 5) is 24.8. The molecule has 3 atom stereocenters. The number of β-lactam (4-membered cyclic amide) rings is 1. The van der Waals surface area contributed by atoms with Crippen LogP contribution in [0.5, 0.6) is 0 Å². The lowest BCUT2D eigenvalue weighted by Gasteiger charge is -2.58. The third-order valence-corrected chi connectivity index (χ3v) is 16.5. The second kappa shape index (κ2) is 7.06. The van der Waals surface area contributed by atoms with E-state index in [1.165, 1.54) is 6.92 Å². The molecule has 0 aromatic rings. The van der Waals surface area contributed by atoms with Gasteiger partial charge in [0.15, 0.2) is 22.8 Å². The summed E-state index contributed by atoms with van der Waals surface area (Å²) in [5.41, 5.74) is 0. The van der Waals surface area contributed by atoms with E-state index in [1.54, 1.807) is 0 Å². The van der Waals surface area contributed by atoms with E-state index in [2.05, 4.69) is 67.7 Å². The summed E-state index contributed by atoms with van der Waals surface area (Å²) in [6, 6.07) is 0. The molecule has 1 aliphatic rings. The molecule has 3 unspecified atom stereocenters. The fraction of sp³-hybridized carbons (Fsp3) is 0.895. The van der Waals surface area contributed by atoms with Crippen molar-refractivity contribution in [3.05, 3.63) is 0 Å². The first-order valence-corrected chi connectivity index (χ1v) is 15.4. The van der Waals surface area contributed by atoms with Crippen LogP contribution in [0.15, 0.2) is 0 Å². The van der Waals surface area contributed by atoms with Crippen LogP contribution in [0.3, 0.4) is 0 Å². The Hall–Kier alpha value is -0.666. The molecule has 0 aliphatic carbocycles. The lowest BCUT2D eigenvalue weighted by atomic mass is 9.93. The minimum absolute atomic E-state index is 0.0183. The largest absolute Gasteiger partial charge is 0.441 e. The molecule has 1 aliphatic heterocycles. The molecule has 1 fully saturated rings. The first kappa shape index (κ1) is 23.4. The molecule has 1 rings (SSSR count). The minimum Gasteiger partial charge on any atom is -0.441 e. The number of rotatable bonds is 5. The van der Waals surface area contributed by atoms with Crippen LogP contribution in [0.2, 0.25) is 36.3 Å². The van der Waals surface area contributed by atoms with Crippen molar-refractivity contribution in [2.45, 2.75) is 104 Å². The van der Waals surface area contributed by atoms with Crippen LogP contribution in [-0.2, 0) is 18.8 Å². The van der Waals surface area contributed by atoms with Gasteiger partial charge in [0.05, 0.1) is 6.10 Å². The summed E-state index contributed by atoms with van der Waals surface area (Å²) in [7, 11) is -4.15. The van der Waals surface area contributed by atoms with Gasteiger partial charge in [-0.3, -0.25) is 9.59 Å². The van der Waals surface area contributed by atoms with Gasteiger partial charge in [-0.1, -0.05) is 54.6 Å². The Labute approximate surface area is 162 Å². The number of hydrogen-bond donors (Lipinski definition) is 0. The predicted molar refractivity (Wildman–Crippen MR) is 111 cm³/mol. The first-order valence-electron chi connectivity index (χ1n) is 9.53. The summed E-state index contributed by atoms with van der Waals surface area (Å²) in [6.07, 6.45) is -0.783. The molecule has 152 valence electrons. The predicted octanol–water partition coefficient (Wildman–Crippen LogP) is 4.75. The van der Waals surface area contributed by atoms with Gasteiger partial charge in [-0.15, -0.1) is 0 Å². The Morgan fingerprint density at radius 1 is 1.04 bits per heavy atom. The second-order valence-corrected chi connectivity index (χ2v) is 20.5. The second-order valence-electron chi connectivity index (χ2n) is 10.6. The third-order valence-electron chi connectivity index (χ3n) is 6.60. The zero-order chi connectivity index (χ0) is 20.9. The van der Waals surface area contributed by atoms with Crippen molar-refractivity contribution in [3.8, 4) is 0 Å². The smallest absolute Gasteiger partial charge is 0.304 e. The molecule has 1 heterocycles. The summed E-state index contributed by atoms with van der Waals surface area (Å²) < 4.78 is 13.9. The van der Waals surface area contributed by atoms with Crippen molar-refractivity contribution in [1.82, 2.24) is 4.57 Å². The Morgan fingerprint density at radius 2 is 1.50 bits per heavy atom. The molecule has 0 aromatic heterocycles. The van der Waals surface area contributed by atoms with Gasteiger partial charge in [-0.25, -0.2) is 0 Å². The summed E-state index contributed by atoms with van der Waals surface area (Å²) >= 11 is 0.